The predicted octanol–water partition coefficient (Wildman–Crippen LogP) is 1.10. The molecule has 1 rings (SSSR count). The Hall–Kier alpha value is -1.35. The zero-order valence-corrected chi connectivity index (χ0v) is 6.90. The number of aliphatic hydroxyl groups excluding tert-OH is 1. The largest absolute Gasteiger partial charge is 0.481 e. The van der Waals surface area contributed by atoms with Gasteiger partial charge < -0.3 is 9.84 Å². The average Bonchev–Trinajstić information content (AvgIpc) is 2.15. The Balaban J connectivity index is 2.79. The van der Waals surface area contributed by atoms with Crippen molar-refractivity contribution in [3.8, 4) is 5.88 Å². The minimum absolute atomic E-state index is 0.0267. The molecule has 64 valence electrons. The minimum atomic E-state index is 0.0267. The summed E-state index contributed by atoms with van der Waals surface area (Å²) in [5.41, 5.74) is 0.781. The van der Waals surface area contributed by atoms with Crippen LogP contribution in [0.15, 0.2) is 24.3 Å². The van der Waals surface area contributed by atoms with Crippen LogP contribution in [0.25, 0.3) is 6.08 Å². The first-order valence-electron chi connectivity index (χ1n) is 3.65. The van der Waals surface area contributed by atoms with E-state index in [0.717, 1.165) is 5.69 Å². The summed E-state index contributed by atoms with van der Waals surface area (Å²) in [5.74, 6) is 0.579. The monoisotopic (exact) mass is 165 g/mol. The topological polar surface area (TPSA) is 42.4 Å². The predicted molar refractivity (Wildman–Crippen MR) is 46.9 cm³/mol. The van der Waals surface area contributed by atoms with Crippen molar-refractivity contribution < 1.29 is 9.84 Å². The van der Waals surface area contributed by atoms with Gasteiger partial charge in [0.2, 0.25) is 5.88 Å². The highest BCUT2D eigenvalue weighted by Gasteiger charge is 1.91. The van der Waals surface area contributed by atoms with Crippen LogP contribution in [-0.2, 0) is 0 Å². The molecule has 0 radical (unpaired) electrons. The lowest BCUT2D eigenvalue weighted by Gasteiger charge is -1.98. The van der Waals surface area contributed by atoms with Gasteiger partial charge in [-0.2, -0.15) is 0 Å². The molecule has 0 aromatic carbocycles. The third-order valence-corrected chi connectivity index (χ3v) is 1.35. The summed E-state index contributed by atoms with van der Waals surface area (Å²) < 4.78 is 4.93. The number of hydrogen-bond acceptors (Lipinski definition) is 3. The average molecular weight is 165 g/mol. The molecule has 0 aliphatic heterocycles. The zero-order valence-electron chi connectivity index (χ0n) is 6.90. The van der Waals surface area contributed by atoms with E-state index in [1.807, 2.05) is 12.1 Å². The molecule has 1 aromatic rings. The Morgan fingerprint density at radius 2 is 2.42 bits per heavy atom. The molecule has 0 aliphatic rings. The highest BCUT2D eigenvalue weighted by atomic mass is 16.5. The van der Waals surface area contributed by atoms with Crippen molar-refractivity contribution in [2.75, 3.05) is 13.7 Å². The molecular weight excluding hydrogens is 154 g/mol. The SMILES string of the molecule is COc1cccc(C=CCO)n1. The molecule has 0 amide bonds. The second-order valence-corrected chi connectivity index (χ2v) is 2.19. The van der Waals surface area contributed by atoms with Crippen LogP contribution < -0.4 is 4.74 Å². The van der Waals surface area contributed by atoms with E-state index in [2.05, 4.69) is 4.98 Å². The maximum Gasteiger partial charge on any atom is 0.213 e. The van der Waals surface area contributed by atoms with Gasteiger partial charge in [-0.3, -0.25) is 0 Å². The second-order valence-electron chi connectivity index (χ2n) is 2.19. The van der Waals surface area contributed by atoms with Crippen molar-refractivity contribution in [1.82, 2.24) is 4.98 Å². The summed E-state index contributed by atoms with van der Waals surface area (Å²) in [7, 11) is 1.57. The van der Waals surface area contributed by atoms with Crippen LogP contribution in [0.1, 0.15) is 5.69 Å². The molecule has 0 saturated carbocycles. The maximum absolute atomic E-state index is 8.51. The Bertz CT molecular complexity index is 271. The number of aliphatic hydroxyl groups is 1. The van der Waals surface area contributed by atoms with E-state index in [4.69, 9.17) is 9.84 Å². The number of rotatable bonds is 3. The van der Waals surface area contributed by atoms with Gasteiger partial charge in [-0.15, -0.1) is 0 Å². The van der Waals surface area contributed by atoms with E-state index in [1.54, 1.807) is 25.3 Å². The van der Waals surface area contributed by atoms with Gasteiger partial charge in [0.25, 0.3) is 0 Å². The molecule has 1 heterocycles. The molecule has 1 N–H and O–H groups in total. The van der Waals surface area contributed by atoms with E-state index in [-0.39, 0.29) is 6.61 Å². The summed E-state index contributed by atoms with van der Waals surface area (Å²) in [6.07, 6.45) is 3.37. The first-order valence-corrected chi connectivity index (χ1v) is 3.65. The fraction of sp³-hybridized carbons (Fsp3) is 0.222. The Labute approximate surface area is 71.3 Å². The third-order valence-electron chi connectivity index (χ3n) is 1.35. The number of methoxy groups -OCH3 is 1. The highest BCUT2D eigenvalue weighted by molar-refractivity contribution is 5.45. The van der Waals surface area contributed by atoms with Gasteiger partial charge >= 0.3 is 0 Å². The lowest BCUT2D eigenvalue weighted by molar-refractivity contribution is 0.343. The minimum Gasteiger partial charge on any atom is -0.481 e. The summed E-state index contributed by atoms with van der Waals surface area (Å²) in [6, 6.07) is 5.47. The van der Waals surface area contributed by atoms with Crippen LogP contribution in [0.5, 0.6) is 5.88 Å². The van der Waals surface area contributed by atoms with E-state index in [0.29, 0.717) is 5.88 Å². The van der Waals surface area contributed by atoms with E-state index >= 15 is 0 Å². The molecule has 0 unspecified atom stereocenters. The molecule has 1 aromatic heterocycles. The van der Waals surface area contributed by atoms with Crippen molar-refractivity contribution in [2.24, 2.45) is 0 Å². The quantitative estimate of drug-likeness (QED) is 0.729. The first-order chi connectivity index (χ1) is 5.86. The molecule has 0 fully saturated rings. The van der Waals surface area contributed by atoms with Gasteiger partial charge in [0.1, 0.15) is 0 Å². The van der Waals surface area contributed by atoms with Crippen LogP contribution in [0.2, 0.25) is 0 Å². The number of pyridine rings is 1. The van der Waals surface area contributed by atoms with Crippen LogP contribution in [0, 0.1) is 0 Å². The van der Waals surface area contributed by atoms with Crippen molar-refractivity contribution in [3.63, 3.8) is 0 Å². The zero-order chi connectivity index (χ0) is 8.81. The van der Waals surface area contributed by atoms with Gasteiger partial charge in [0, 0.05) is 6.07 Å². The van der Waals surface area contributed by atoms with Crippen LogP contribution in [0.3, 0.4) is 0 Å². The normalized spacial score (nSPS) is 10.5. The standard InChI is InChI=1S/C9H11NO2/c1-12-9-6-2-4-8(10-9)5-3-7-11/h2-6,11H,7H2,1H3. The number of aromatic nitrogens is 1. The van der Waals surface area contributed by atoms with E-state index in [9.17, 15) is 0 Å². The van der Waals surface area contributed by atoms with Gasteiger partial charge in [-0.1, -0.05) is 12.1 Å². The van der Waals surface area contributed by atoms with Gasteiger partial charge in [-0.05, 0) is 12.1 Å². The number of hydrogen-bond donors (Lipinski definition) is 1. The van der Waals surface area contributed by atoms with Crippen molar-refractivity contribution in [2.45, 2.75) is 0 Å². The molecule has 3 nitrogen and oxygen atoms in total. The second kappa shape index (κ2) is 4.51. The molecule has 3 heteroatoms. The third kappa shape index (κ3) is 2.36. The smallest absolute Gasteiger partial charge is 0.213 e. The van der Waals surface area contributed by atoms with Crippen LogP contribution in [-0.4, -0.2) is 23.8 Å². The fourth-order valence-electron chi connectivity index (χ4n) is 0.811. The lowest BCUT2D eigenvalue weighted by atomic mass is 10.3. The van der Waals surface area contributed by atoms with Crippen molar-refractivity contribution >= 4 is 6.08 Å². The molecule has 12 heavy (non-hydrogen) atoms. The van der Waals surface area contributed by atoms with Crippen molar-refractivity contribution in [1.29, 1.82) is 0 Å². The molecule has 0 aliphatic carbocycles. The summed E-state index contributed by atoms with van der Waals surface area (Å²) >= 11 is 0. The Morgan fingerprint density at radius 3 is 3.08 bits per heavy atom. The van der Waals surface area contributed by atoms with Gasteiger partial charge in [0.15, 0.2) is 0 Å². The molecule has 0 bridgehead atoms. The molecule has 0 spiro atoms. The van der Waals surface area contributed by atoms with Crippen LogP contribution >= 0.6 is 0 Å². The van der Waals surface area contributed by atoms with Crippen LogP contribution in [0.4, 0.5) is 0 Å². The Morgan fingerprint density at radius 1 is 1.58 bits per heavy atom. The highest BCUT2D eigenvalue weighted by Crippen LogP contribution is 2.07. The lowest BCUT2D eigenvalue weighted by Crippen LogP contribution is -1.88. The van der Waals surface area contributed by atoms with Crippen molar-refractivity contribution in [3.05, 3.63) is 30.0 Å². The molecule has 0 atom stereocenters. The number of nitrogens with zero attached hydrogens (tertiary/aromatic N) is 1. The fourth-order valence-corrected chi connectivity index (χ4v) is 0.811. The van der Waals surface area contributed by atoms with Gasteiger partial charge in [0.05, 0.1) is 19.4 Å². The summed E-state index contributed by atoms with van der Waals surface area (Å²) in [5, 5.41) is 8.51. The van der Waals surface area contributed by atoms with Gasteiger partial charge in [-0.25, -0.2) is 4.98 Å². The molecule has 0 saturated heterocycles. The summed E-state index contributed by atoms with van der Waals surface area (Å²) in [6.45, 7) is 0.0267. The van der Waals surface area contributed by atoms with E-state index in [1.165, 1.54) is 0 Å². The Kier molecular flexibility index (Phi) is 3.29. The van der Waals surface area contributed by atoms with E-state index < -0.39 is 0 Å². The molecular formula is C9H11NO2. The number of ether oxygens (including phenoxy) is 1. The first kappa shape index (κ1) is 8.74. The maximum atomic E-state index is 8.51. The summed E-state index contributed by atoms with van der Waals surface area (Å²) in [4.78, 5) is 4.11.